The number of aliphatic hydroxyl groups excluding tert-OH is 2. The molecule has 1 aromatic carbocycles. The van der Waals surface area contributed by atoms with Crippen LogP contribution in [0.5, 0.6) is 5.75 Å². The first-order valence-corrected chi connectivity index (χ1v) is 8.13. The van der Waals surface area contributed by atoms with Gasteiger partial charge in [-0.05, 0) is 24.6 Å². The molecule has 0 radical (unpaired) electrons. The number of ether oxygens (including phenoxy) is 1. The van der Waals surface area contributed by atoms with Gasteiger partial charge in [-0.25, -0.2) is 4.79 Å². The van der Waals surface area contributed by atoms with E-state index in [1.54, 1.807) is 12.1 Å². The average molecular weight is 335 g/mol. The largest absolute Gasteiger partial charge is 0.491 e. The highest BCUT2D eigenvalue weighted by Gasteiger charge is 2.12. The normalized spacial score (nSPS) is 12.8. The molecule has 0 saturated carbocycles. The van der Waals surface area contributed by atoms with E-state index in [0.29, 0.717) is 29.5 Å². The molecule has 6 nitrogen and oxygen atoms in total. The summed E-state index contributed by atoms with van der Waals surface area (Å²) in [4.78, 5) is 12.0. The summed E-state index contributed by atoms with van der Waals surface area (Å²) in [5.74, 6) is 0.531. The molecular formula is C18H25NO5. The minimum absolute atomic E-state index is 0.0966. The summed E-state index contributed by atoms with van der Waals surface area (Å²) in [6.07, 6.45) is -0.346. The van der Waals surface area contributed by atoms with Crippen LogP contribution in [0.1, 0.15) is 25.0 Å². The van der Waals surface area contributed by atoms with Gasteiger partial charge in [-0.1, -0.05) is 13.8 Å². The van der Waals surface area contributed by atoms with Crippen molar-refractivity contribution in [3.63, 3.8) is 0 Å². The number of nitrogens with one attached hydrogen (secondary N) is 1. The summed E-state index contributed by atoms with van der Waals surface area (Å²) in [7, 11) is 0. The second kappa shape index (κ2) is 8.28. The van der Waals surface area contributed by atoms with Crippen LogP contribution < -0.4 is 15.7 Å². The van der Waals surface area contributed by atoms with Crippen LogP contribution in [-0.2, 0) is 6.42 Å². The van der Waals surface area contributed by atoms with Crippen LogP contribution in [-0.4, -0.2) is 42.1 Å². The lowest BCUT2D eigenvalue weighted by molar-refractivity contribution is 0.104. The summed E-state index contributed by atoms with van der Waals surface area (Å²) in [6.45, 7) is 6.35. The minimum Gasteiger partial charge on any atom is -0.491 e. The number of hydrogen-bond donors (Lipinski definition) is 3. The summed E-state index contributed by atoms with van der Waals surface area (Å²) in [5, 5.41) is 22.9. The van der Waals surface area contributed by atoms with Crippen molar-refractivity contribution >= 4 is 11.0 Å². The van der Waals surface area contributed by atoms with Gasteiger partial charge in [0.1, 0.15) is 24.0 Å². The van der Waals surface area contributed by atoms with E-state index in [9.17, 15) is 9.90 Å². The SMILES string of the molecule is Cc1c(CCO)c(=O)oc2cc(OC[C@H](O)CNC(C)C)ccc12. The van der Waals surface area contributed by atoms with E-state index in [1.165, 1.54) is 0 Å². The molecule has 1 aromatic heterocycles. The maximum Gasteiger partial charge on any atom is 0.339 e. The summed E-state index contributed by atoms with van der Waals surface area (Å²) < 4.78 is 10.9. The molecule has 0 saturated heterocycles. The predicted molar refractivity (Wildman–Crippen MR) is 92.7 cm³/mol. The van der Waals surface area contributed by atoms with Crippen LogP contribution in [0.15, 0.2) is 27.4 Å². The second-order valence-electron chi connectivity index (χ2n) is 6.15. The van der Waals surface area contributed by atoms with Crippen molar-refractivity contribution in [3.8, 4) is 5.75 Å². The van der Waals surface area contributed by atoms with Crippen molar-refractivity contribution in [3.05, 3.63) is 39.7 Å². The van der Waals surface area contributed by atoms with E-state index >= 15 is 0 Å². The van der Waals surface area contributed by atoms with Crippen molar-refractivity contribution in [2.75, 3.05) is 19.8 Å². The number of hydrogen-bond acceptors (Lipinski definition) is 6. The van der Waals surface area contributed by atoms with Crippen LogP contribution in [0, 0.1) is 6.92 Å². The van der Waals surface area contributed by atoms with Crippen molar-refractivity contribution in [1.82, 2.24) is 5.32 Å². The molecule has 24 heavy (non-hydrogen) atoms. The Bertz CT molecular complexity index is 738. The molecule has 0 amide bonds. The number of aryl methyl sites for hydroxylation is 1. The predicted octanol–water partition coefficient (Wildman–Crippen LogP) is 1.37. The molecule has 2 aromatic rings. The molecule has 0 spiro atoms. The molecule has 0 bridgehead atoms. The summed E-state index contributed by atoms with van der Waals surface area (Å²) >= 11 is 0. The fourth-order valence-electron chi connectivity index (χ4n) is 2.49. The summed E-state index contributed by atoms with van der Waals surface area (Å²) in [6, 6.07) is 5.55. The van der Waals surface area contributed by atoms with E-state index < -0.39 is 11.7 Å². The Labute approximate surface area is 141 Å². The zero-order chi connectivity index (χ0) is 17.7. The first kappa shape index (κ1) is 18.4. The molecule has 0 fully saturated rings. The van der Waals surface area contributed by atoms with E-state index in [1.807, 2.05) is 26.8 Å². The Balaban J connectivity index is 2.14. The number of benzene rings is 1. The van der Waals surface area contributed by atoms with Crippen molar-refractivity contribution < 1.29 is 19.4 Å². The van der Waals surface area contributed by atoms with Crippen LogP contribution >= 0.6 is 0 Å². The molecule has 0 aliphatic carbocycles. The average Bonchev–Trinajstić information content (AvgIpc) is 2.54. The van der Waals surface area contributed by atoms with Crippen LogP contribution in [0.25, 0.3) is 11.0 Å². The third-order valence-electron chi connectivity index (χ3n) is 3.82. The molecular weight excluding hydrogens is 310 g/mol. The van der Waals surface area contributed by atoms with E-state index in [0.717, 1.165) is 10.9 Å². The third-order valence-corrected chi connectivity index (χ3v) is 3.82. The Kier molecular flexibility index (Phi) is 6.36. The van der Waals surface area contributed by atoms with Crippen LogP contribution in [0.3, 0.4) is 0 Å². The minimum atomic E-state index is -0.622. The van der Waals surface area contributed by atoms with Crippen molar-refractivity contribution in [1.29, 1.82) is 0 Å². The number of rotatable bonds is 8. The van der Waals surface area contributed by atoms with Gasteiger partial charge in [0, 0.05) is 42.6 Å². The molecule has 132 valence electrons. The van der Waals surface area contributed by atoms with Crippen LogP contribution in [0.2, 0.25) is 0 Å². The molecule has 1 heterocycles. The van der Waals surface area contributed by atoms with Gasteiger partial charge < -0.3 is 24.7 Å². The smallest absolute Gasteiger partial charge is 0.339 e. The Morgan fingerprint density at radius 1 is 1.33 bits per heavy atom. The number of fused-ring (bicyclic) bond motifs is 1. The molecule has 2 rings (SSSR count). The van der Waals surface area contributed by atoms with Gasteiger partial charge in [-0.15, -0.1) is 0 Å². The van der Waals surface area contributed by atoms with E-state index in [4.69, 9.17) is 14.3 Å². The van der Waals surface area contributed by atoms with Gasteiger partial charge >= 0.3 is 5.63 Å². The fraction of sp³-hybridized carbons (Fsp3) is 0.500. The van der Waals surface area contributed by atoms with E-state index in [-0.39, 0.29) is 19.6 Å². The second-order valence-corrected chi connectivity index (χ2v) is 6.15. The van der Waals surface area contributed by atoms with Crippen molar-refractivity contribution in [2.45, 2.75) is 39.3 Å². The van der Waals surface area contributed by atoms with Gasteiger partial charge in [-0.2, -0.15) is 0 Å². The highest BCUT2D eigenvalue weighted by molar-refractivity contribution is 5.82. The molecule has 0 aliphatic heterocycles. The molecule has 0 unspecified atom stereocenters. The van der Waals surface area contributed by atoms with Gasteiger partial charge in [0.2, 0.25) is 0 Å². The standard InChI is InChI=1S/C18H25NO5/c1-11(2)19-9-13(21)10-23-14-4-5-15-12(3)16(6-7-20)18(22)24-17(15)8-14/h4-5,8,11,13,19-21H,6-7,9-10H2,1-3H3/t13-/m1/s1. The van der Waals surface area contributed by atoms with Gasteiger partial charge in [0.25, 0.3) is 0 Å². The maximum atomic E-state index is 12.0. The monoisotopic (exact) mass is 335 g/mol. The quantitative estimate of drug-likeness (QED) is 0.631. The van der Waals surface area contributed by atoms with Crippen LogP contribution in [0.4, 0.5) is 0 Å². The molecule has 1 atom stereocenters. The fourth-order valence-corrected chi connectivity index (χ4v) is 2.49. The Morgan fingerprint density at radius 3 is 2.75 bits per heavy atom. The topological polar surface area (TPSA) is 91.9 Å². The van der Waals surface area contributed by atoms with E-state index in [2.05, 4.69) is 5.32 Å². The lowest BCUT2D eigenvalue weighted by atomic mass is 10.0. The lowest BCUT2D eigenvalue weighted by Crippen LogP contribution is -2.35. The van der Waals surface area contributed by atoms with Gasteiger partial charge in [-0.3, -0.25) is 0 Å². The zero-order valence-electron chi connectivity index (χ0n) is 14.3. The highest BCUT2D eigenvalue weighted by atomic mass is 16.5. The lowest BCUT2D eigenvalue weighted by Gasteiger charge is -2.15. The third kappa shape index (κ3) is 4.56. The summed E-state index contributed by atoms with van der Waals surface area (Å²) in [5.41, 5.74) is 1.30. The first-order chi connectivity index (χ1) is 11.4. The van der Waals surface area contributed by atoms with Gasteiger partial charge in [0.05, 0.1) is 0 Å². The number of aliphatic hydroxyl groups is 2. The Hall–Kier alpha value is -1.89. The highest BCUT2D eigenvalue weighted by Crippen LogP contribution is 2.24. The molecule has 6 heteroatoms. The zero-order valence-corrected chi connectivity index (χ0v) is 14.3. The Morgan fingerprint density at radius 2 is 2.08 bits per heavy atom. The maximum absolute atomic E-state index is 12.0. The molecule has 0 aliphatic rings. The molecule has 3 N–H and O–H groups in total. The van der Waals surface area contributed by atoms with Gasteiger partial charge in [0.15, 0.2) is 0 Å². The van der Waals surface area contributed by atoms with Crippen molar-refractivity contribution in [2.24, 2.45) is 0 Å². The first-order valence-electron chi connectivity index (χ1n) is 8.13.